The Hall–Kier alpha value is -1.14. The number of aromatic nitrogens is 1. The van der Waals surface area contributed by atoms with Crippen LogP contribution in [0.25, 0.3) is 0 Å². The molecule has 96 valence electrons. The minimum atomic E-state index is -3.39. The smallest absolute Gasteiger partial charge is 0.244 e. The normalized spacial score (nSPS) is 11.8. The second-order valence-corrected chi connectivity index (χ2v) is 5.77. The molecule has 0 atom stereocenters. The molecular weight excluding hydrogens is 238 g/mol. The van der Waals surface area contributed by atoms with E-state index in [0.29, 0.717) is 13.1 Å². The van der Waals surface area contributed by atoms with Crippen molar-refractivity contribution in [3.8, 4) is 0 Å². The van der Waals surface area contributed by atoms with Gasteiger partial charge in [0.2, 0.25) is 10.0 Å². The SMILES string of the molecule is CCN(CC)S(=O)(=O)c1ccc(N(C)C)nc1. The molecule has 0 unspecified atom stereocenters. The summed E-state index contributed by atoms with van der Waals surface area (Å²) in [4.78, 5) is 6.19. The lowest BCUT2D eigenvalue weighted by atomic mass is 10.4. The molecule has 0 amide bonds. The zero-order valence-corrected chi connectivity index (χ0v) is 11.5. The highest BCUT2D eigenvalue weighted by Crippen LogP contribution is 2.16. The molecule has 5 nitrogen and oxygen atoms in total. The second-order valence-electron chi connectivity index (χ2n) is 3.84. The van der Waals surface area contributed by atoms with Crippen LogP contribution in [0.4, 0.5) is 5.82 Å². The number of anilines is 1. The fourth-order valence-corrected chi connectivity index (χ4v) is 2.91. The van der Waals surface area contributed by atoms with Crippen molar-refractivity contribution in [3.05, 3.63) is 18.3 Å². The number of hydrogen-bond donors (Lipinski definition) is 0. The first-order valence-corrected chi connectivity index (χ1v) is 7.01. The molecule has 0 saturated carbocycles. The molecule has 6 heteroatoms. The molecule has 0 spiro atoms. The van der Waals surface area contributed by atoms with Gasteiger partial charge in [-0.15, -0.1) is 0 Å². The van der Waals surface area contributed by atoms with E-state index in [1.807, 2.05) is 32.8 Å². The van der Waals surface area contributed by atoms with E-state index in [2.05, 4.69) is 4.98 Å². The first kappa shape index (κ1) is 13.9. The third-order valence-corrected chi connectivity index (χ3v) is 4.56. The lowest BCUT2D eigenvalue weighted by molar-refractivity contribution is 0.445. The van der Waals surface area contributed by atoms with Gasteiger partial charge in [-0.3, -0.25) is 0 Å². The molecule has 0 aromatic carbocycles. The fourth-order valence-electron chi connectivity index (χ4n) is 1.50. The van der Waals surface area contributed by atoms with E-state index in [-0.39, 0.29) is 4.90 Å². The maximum atomic E-state index is 12.1. The average molecular weight is 257 g/mol. The van der Waals surface area contributed by atoms with E-state index in [9.17, 15) is 8.42 Å². The Morgan fingerprint density at radius 3 is 2.12 bits per heavy atom. The van der Waals surface area contributed by atoms with Crippen LogP contribution in [0.5, 0.6) is 0 Å². The van der Waals surface area contributed by atoms with Gasteiger partial charge in [0, 0.05) is 33.4 Å². The summed E-state index contributed by atoms with van der Waals surface area (Å²) in [6.07, 6.45) is 1.41. The highest BCUT2D eigenvalue weighted by molar-refractivity contribution is 7.89. The van der Waals surface area contributed by atoms with Gasteiger partial charge < -0.3 is 4.90 Å². The maximum absolute atomic E-state index is 12.1. The number of hydrogen-bond acceptors (Lipinski definition) is 4. The van der Waals surface area contributed by atoms with Gasteiger partial charge in [0.25, 0.3) is 0 Å². The minimum Gasteiger partial charge on any atom is -0.363 e. The van der Waals surface area contributed by atoms with Crippen molar-refractivity contribution in [2.75, 3.05) is 32.1 Å². The van der Waals surface area contributed by atoms with Gasteiger partial charge in [-0.25, -0.2) is 13.4 Å². The molecule has 0 fully saturated rings. The molecule has 0 bridgehead atoms. The van der Waals surface area contributed by atoms with Crippen LogP contribution >= 0.6 is 0 Å². The summed E-state index contributed by atoms with van der Waals surface area (Å²) >= 11 is 0. The van der Waals surface area contributed by atoms with Crippen LogP contribution in [0.3, 0.4) is 0 Å². The number of nitrogens with zero attached hydrogens (tertiary/aromatic N) is 3. The van der Waals surface area contributed by atoms with Gasteiger partial charge in [-0.05, 0) is 12.1 Å². The quantitative estimate of drug-likeness (QED) is 0.795. The first-order chi connectivity index (χ1) is 7.93. The lowest BCUT2D eigenvalue weighted by Crippen LogP contribution is -2.30. The van der Waals surface area contributed by atoms with Crippen LogP contribution < -0.4 is 4.90 Å². The van der Waals surface area contributed by atoms with Gasteiger partial charge in [0.15, 0.2) is 0 Å². The summed E-state index contributed by atoms with van der Waals surface area (Å²) in [5, 5.41) is 0. The van der Waals surface area contributed by atoms with Gasteiger partial charge in [-0.1, -0.05) is 13.8 Å². The van der Waals surface area contributed by atoms with Gasteiger partial charge in [-0.2, -0.15) is 4.31 Å². The summed E-state index contributed by atoms with van der Waals surface area (Å²) < 4.78 is 25.7. The van der Waals surface area contributed by atoms with E-state index in [0.717, 1.165) is 5.82 Å². The molecule has 0 N–H and O–H groups in total. The number of pyridine rings is 1. The fraction of sp³-hybridized carbons (Fsp3) is 0.545. The molecule has 0 radical (unpaired) electrons. The maximum Gasteiger partial charge on any atom is 0.244 e. The van der Waals surface area contributed by atoms with E-state index in [1.165, 1.54) is 10.5 Å². The third kappa shape index (κ3) is 2.95. The Morgan fingerprint density at radius 2 is 1.76 bits per heavy atom. The van der Waals surface area contributed by atoms with E-state index in [4.69, 9.17) is 0 Å². The third-order valence-electron chi connectivity index (χ3n) is 2.52. The number of sulfonamides is 1. The molecule has 1 aromatic rings. The lowest BCUT2D eigenvalue weighted by Gasteiger charge is -2.18. The van der Waals surface area contributed by atoms with E-state index >= 15 is 0 Å². The summed E-state index contributed by atoms with van der Waals surface area (Å²) in [7, 11) is 0.333. The monoisotopic (exact) mass is 257 g/mol. The predicted molar refractivity (Wildman–Crippen MR) is 68.7 cm³/mol. The molecule has 0 aliphatic heterocycles. The Kier molecular flexibility index (Phi) is 4.47. The van der Waals surface area contributed by atoms with Gasteiger partial charge >= 0.3 is 0 Å². The second kappa shape index (κ2) is 5.46. The average Bonchev–Trinajstić information content (AvgIpc) is 2.30. The zero-order valence-electron chi connectivity index (χ0n) is 10.7. The van der Waals surface area contributed by atoms with Crippen LogP contribution in [0.1, 0.15) is 13.8 Å². The predicted octanol–water partition coefficient (Wildman–Crippen LogP) is 1.18. The largest absolute Gasteiger partial charge is 0.363 e. The van der Waals surface area contributed by atoms with Crippen molar-refractivity contribution < 1.29 is 8.42 Å². The molecule has 1 heterocycles. The molecule has 0 aliphatic carbocycles. The van der Waals surface area contributed by atoms with Crippen LogP contribution in [0.2, 0.25) is 0 Å². The molecule has 0 saturated heterocycles. The molecule has 1 rings (SSSR count). The van der Waals surface area contributed by atoms with Crippen LogP contribution in [-0.2, 0) is 10.0 Å². The number of rotatable bonds is 5. The van der Waals surface area contributed by atoms with Crippen molar-refractivity contribution in [2.45, 2.75) is 18.7 Å². The topological polar surface area (TPSA) is 53.5 Å². The Balaban J connectivity index is 3.08. The molecule has 1 aromatic heterocycles. The van der Waals surface area contributed by atoms with E-state index < -0.39 is 10.0 Å². The highest BCUT2D eigenvalue weighted by atomic mass is 32.2. The molecule has 17 heavy (non-hydrogen) atoms. The minimum absolute atomic E-state index is 0.242. The van der Waals surface area contributed by atoms with Crippen LogP contribution in [0.15, 0.2) is 23.2 Å². The van der Waals surface area contributed by atoms with Gasteiger partial charge in [0.1, 0.15) is 10.7 Å². The molecular formula is C11H19N3O2S. The Labute approximate surface area is 103 Å². The highest BCUT2D eigenvalue weighted by Gasteiger charge is 2.21. The summed E-state index contributed by atoms with van der Waals surface area (Å²) in [5.41, 5.74) is 0. The summed E-state index contributed by atoms with van der Waals surface area (Å²) in [5.74, 6) is 0.739. The van der Waals surface area contributed by atoms with E-state index in [1.54, 1.807) is 12.1 Å². The van der Waals surface area contributed by atoms with Crippen molar-refractivity contribution in [2.24, 2.45) is 0 Å². The zero-order chi connectivity index (χ0) is 13.1. The standard InChI is InChI=1S/C11H19N3O2S/c1-5-14(6-2)17(15,16)10-7-8-11(12-9-10)13(3)4/h7-9H,5-6H2,1-4H3. The van der Waals surface area contributed by atoms with Crippen LogP contribution in [0, 0.1) is 0 Å². The van der Waals surface area contributed by atoms with Crippen molar-refractivity contribution in [1.29, 1.82) is 0 Å². The Morgan fingerprint density at radius 1 is 1.18 bits per heavy atom. The summed E-state index contributed by atoms with van der Waals surface area (Å²) in [6.45, 7) is 4.58. The summed E-state index contributed by atoms with van der Waals surface area (Å²) in [6, 6.07) is 3.30. The molecule has 0 aliphatic rings. The first-order valence-electron chi connectivity index (χ1n) is 5.57. The van der Waals surface area contributed by atoms with Crippen molar-refractivity contribution in [3.63, 3.8) is 0 Å². The Bertz CT molecular complexity index is 450. The van der Waals surface area contributed by atoms with Crippen molar-refractivity contribution in [1.82, 2.24) is 9.29 Å². The van der Waals surface area contributed by atoms with Crippen molar-refractivity contribution >= 4 is 15.8 Å². The van der Waals surface area contributed by atoms with Crippen LogP contribution in [-0.4, -0.2) is 44.9 Å². The van der Waals surface area contributed by atoms with Gasteiger partial charge in [0.05, 0.1) is 0 Å².